The van der Waals surface area contributed by atoms with Crippen LogP contribution in [0.1, 0.15) is 23.5 Å². The van der Waals surface area contributed by atoms with Crippen molar-refractivity contribution in [1.29, 1.82) is 0 Å². The number of nitrogens with zero attached hydrogens (tertiary/aromatic N) is 3. The molecule has 9 nitrogen and oxygen atoms in total. The minimum atomic E-state index is -1.23. The lowest BCUT2D eigenvalue weighted by atomic mass is 9.94. The molecule has 0 bridgehead atoms. The number of ether oxygens (including phenoxy) is 2. The number of aromatic nitrogens is 1. The largest absolute Gasteiger partial charge is 0.480 e. The Balaban J connectivity index is 1.84. The first kappa shape index (κ1) is 23.9. The fourth-order valence-corrected chi connectivity index (χ4v) is 4.42. The molecule has 2 aliphatic heterocycles. The third kappa shape index (κ3) is 4.83. The second-order valence-electron chi connectivity index (χ2n) is 7.50. The van der Waals surface area contributed by atoms with Crippen LogP contribution in [0.25, 0.3) is 0 Å². The normalized spacial score (nSPS) is 21.1. The van der Waals surface area contributed by atoms with Crippen molar-refractivity contribution < 1.29 is 33.0 Å². The number of aliphatic imine (C=N–C) groups is 1. The molecule has 1 fully saturated rings. The Kier molecular flexibility index (Phi) is 7.29. The Morgan fingerprint density at radius 3 is 2.91 bits per heavy atom. The van der Waals surface area contributed by atoms with Crippen LogP contribution in [-0.2, 0) is 19.1 Å². The fraction of sp³-hybridized carbons (Fsp3) is 0.364. The van der Waals surface area contributed by atoms with E-state index in [0.29, 0.717) is 18.2 Å². The standard InChI is InChI=1S/C22H22F2N4O5S/c1-2-33-22(31)16-14(10-28-7-8-32-11-15(28)21(29)30)26-19(20-25-6-9-34-20)27-18(16)12-4-3-5-13(23)17(12)24/h3-6,9,15,18H,2,7-8,10-11H2,1H3,(H,26,27)(H,29,30)/t15-,18-/m0/s1. The van der Waals surface area contributed by atoms with Crippen LogP contribution in [0.5, 0.6) is 0 Å². The maximum atomic E-state index is 14.9. The fourth-order valence-electron chi connectivity index (χ4n) is 3.83. The number of esters is 1. The monoisotopic (exact) mass is 492 g/mol. The molecule has 2 atom stereocenters. The van der Waals surface area contributed by atoms with E-state index in [1.165, 1.54) is 23.5 Å². The summed E-state index contributed by atoms with van der Waals surface area (Å²) in [5, 5.41) is 14.9. The minimum absolute atomic E-state index is 0.00763. The number of carboxylic acids is 1. The van der Waals surface area contributed by atoms with Crippen LogP contribution in [0.15, 0.2) is 46.0 Å². The molecule has 2 N–H and O–H groups in total. The van der Waals surface area contributed by atoms with E-state index in [2.05, 4.69) is 15.3 Å². The van der Waals surface area contributed by atoms with Gasteiger partial charge in [0.15, 0.2) is 22.5 Å². The molecule has 3 heterocycles. The van der Waals surface area contributed by atoms with Gasteiger partial charge < -0.3 is 19.9 Å². The number of thiazole rings is 1. The number of carbonyl (C=O) groups excluding carboxylic acids is 1. The first-order chi connectivity index (χ1) is 16.4. The lowest BCUT2D eigenvalue weighted by molar-refractivity contribution is -0.149. The zero-order valence-corrected chi connectivity index (χ0v) is 19.0. The summed E-state index contributed by atoms with van der Waals surface area (Å²) in [4.78, 5) is 35.2. The van der Waals surface area contributed by atoms with Crippen LogP contribution in [-0.4, -0.2) is 71.7 Å². The number of benzene rings is 1. The molecule has 2 aliphatic rings. The van der Waals surface area contributed by atoms with Crippen LogP contribution in [0.4, 0.5) is 8.78 Å². The van der Waals surface area contributed by atoms with Gasteiger partial charge >= 0.3 is 11.9 Å². The summed E-state index contributed by atoms with van der Waals surface area (Å²) in [6.45, 7) is 2.24. The molecule has 12 heteroatoms. The van der Waals surface area contributed by atoms with Gasteiger partial charge in [0, 0.05) is 35.9 Å². The van der Waals surface area contributed by atoms with Gasteiger partial charge in [-0.05, 0) is 13.0 Å². The van der Waals surface area contributed by atoms with E-state index >= 15 is 0 Å². The second-order valence-corrected chi connectivity index (χ2v) is 8.39. The number of carbonyl (C=O) groups is 2. The summed E-state index contributed by atoms with van der Waals surface area (Å²) < 4.78 is 39.5. The molecule has 180 valence electrons. The Labute approximate surface area is 197 Å². The van der Waals surface area contributed by atoms with Crippen molar-refractivity contribution in [1.82, 2.24) is 15.2 Å². The van der Waals surface area contributed by atoms with Gasteiger partial charge in [-0.25, -0.2) is 18.6 Å². The molecule has 0 unspecified atom stereocenters. The SMILES string of the molecule is CCOC(=O)C1=C(CN2CCOC[C@H]2C(=O)O)NC(c2nccs2)=N[C@H]1c1cccc(F)c1F. The van der Waals surface area contributed by atoms with Crippen molar-refractivity contribution in [2.24, 2.45) is 4.99 Å². The van der Waals surface area contributed by atoms with Gasteiger partial charge in [-0.2, -0.15) is 0 Å². The zero-order chi connectivity index (χ0) is 24.2. The summed E-state index contributed by atoms with van der Waals surface area (Å²) in [6.07, 6.45) is 1.56. The number of halogens is 2. The summed E-state index contributed by atoms with van der Waals surface area (Å²) in [5.74, 6) is -3.79. The topological polar surface area (TPSA) is 113 Å². The van der Waals surface area contributed by atoms with E-state index in [0.717, 1.165) is 6.07 Å². The lowest BCUT2D eigenvalue weighted by Crippen LogP contribution is -2.52. The Morgan fingerprint density at radius 1 is 1.38 bits per heavy atom. The molecule has 0 spiro atoms. The average Bonchev–Trinajstić information content (AvgIpc) is 3.36. The Bertz CT molecular complexity index is 1140. The lowest BCUT2D eigenvalue weighted by Gasteiger charge is -2.35. The van der Waals surface area contributed by atoms with E-state index in [9.17, 15) is 23.5 Å². The third-order valence-electron chi connectivity index (χ3n) is 5.42. The third-order valence-corrected chi connectivity index (χ3v) is 6.20. The van der Waals surface area contributed by atoms with Crippen molar-refractivity contribution in [3.8, 4) is 0 Å². The highest BCUT2D eigenvalue weighted by Gasteiger charge is 2.37. The summed E-state index contributed by atoms with van der Waals surface area (Å²) in [6, 6.07) is 1.49. The van der Waals surface area contributed by atoms with Gasteiger partial charge in [0.05, 0.1) is 25.4 Å². The molecule has 0 saturated carbocycles. The van der Waals surface area contributed by atoms with E-state index in [1.54, 1.807) is 23.4 Å². The molecular formula is C22H22F2N4O5S. The summed E-state index contributed by atoms with van der Waals surface area (Å²) >= 11 is 1.27. The summed E-state index contributed by atoms with van der Waals surface area (Å²) in [5.41, 5.74) is 0.107. The van der Waals surface area contributed by atoms with Gasteiger partial charge in [-0.3, -0.25) is 14.7 Å². The molecular weight excluding hydrogens is 470 g/mol. The van der Waals surface area contributed by atoms with E-state index < -0.39 is 35.7 Å². The second kappa shape index (κ2) is 10.4. The van der Waals surface area contributed by atoms with Crippen LogP contribution >= 0.6 is 11.3 Å². The predicted molar refractivity (Wildman–Crippen MR) is 118 cm³/mol. The van der Waals surface area contributed by atoms with Gasteiger partial charge in [0.2, 0.25) is 0 Å². The molecule has 0 radical (unpaired) electrons. The minimum Gasteiger partial charge on any atom is -0.480 e. The highest BCUT2D eigenvalue weighted by molar-refractivity contribution is 7.11. The van der Waals surface area contributed by atoms with Crippen molar-refractivity contribution in [3.05, 3.63) is 63.3 Å². The van der Waals surface area contributed by atoms with Crippen LogP contribution in [0, 0.1) is 11.6 Å². The number of rotatable bonds is 7. The van der Waals surface area contributed by atoms with E-state index in [-0.39, 0.29) is 42.4 Å². The number of hydrogen-bond donors (Lipinski definition) is 2. The quantitative estimate of drug-likeness (QED) is 0.565. The van der Waals surface area contributed by atoms with Gasteiger partial charge in [0.25, 0.3) is 0 Å². The number of aliphatic carboxylic acids is 1. The molecule has 0 aliphatic carbocycles. The highest BCUT2D eigenvalue weighted by atomic mass is 32.1. The Morgan fingerprint density at radius 2 is 2.21 bits per heavy atom. The van der Waals surface area contributed by atoms with Crippen molar-refractivity contribution in [2.75, 3.05) is 32.9 Å². The number of amidine groups is 1. The van der Waals surface area contributed by atoms with Gasteiger partial charge in [-0.15, -0.1) is 11.3 Å². The average molecular weight is 493 g/mol. The number of hydrogen-bond acceptors (Lipinski definition) is 9. The molecule has 4 rings (SSSR count). The number of morpholine rings is 1. The smallest absolute Gasteiger partial charge is 0.338 e. The summed E-state index contributed by atoms with van der Waals surface area (Å²) in [7, 11) is 0. The van der Waals surface area contributed by atoms with Crippen molar-refractivity contribution in [3.63, 3.8) is 0 Å². The molecule has 1 aromatic carbocycles. The molecule has 0 amide bonds. The number of nitrogens with one attached hydrogen (secondary N) is 1. The molecule has 1 saturated heterocycles. The molecule has 2 aromatic rings. The number of carboxylic acid groups (broad SMARTS) is 1. The van der Waals surface area contributed by atoms with E-state index in [4.69, 9.17) is 9.47 Å². The Hall–Kier alpha value is -3.22. The molecule has 34 heavy (non-hydrogen) atoms. The van der Waals surface area contributed by atoms with Crippen LogP contribution < -0.4 is 5.32 Å². The van der Waals surface area contributed by atoms with Crippen LogP contribution in [0.3, 0.4) is 0 Å². The van der Waals surface area contributed by atoms with Crippen molar-refractivity contribution in [2.45, 2.75) is 19.0 Å². The first-order valence-corrected chi connectivity index (χ1v) is 11.4. The first-order valence-electron chi connectivity index (χ1n) is 10.5. The van der Waals surface area contributed by atoms with Gasteiger partial charge in [-0.1, -0.05) is 12.1 Å². The van der Waals surface area contributed by atoms with E-state index in [1.807, 2.05) is 0 Å². The highest BCUT2D eigenvalue weighted by Crippen LogP contribution is 2.35. The zero-order valence-electron chi connectivity index (χ0n) is 18.2. The van der Waals surface area contributed by atoms with Crippen LogP contribution in [0.2, 0.25) is 0 Å². The molecule has 1 aromatic heterocycles. The van der Waals surface area contributed by atoms with Gasteiger partial charge in [0.1, 0.15) is 12.1 Å². The predicted octanol–water partition coefficient (Wildman–Crippen LogP) is 2.12. The maximum absolute atomic E-state index is 14.9. The van der Waals surface area contributed by atoms with Crippen molar-refractivity contribution >= 4 is 29.1 Å². The maximum Gasteiger partial charge on any atom is 0.338 e.